The van der Waals surface area contributed by atoms with E-state index in [0.717, 1.165) is 31.6 Å². The van der Waals surface area contributed by atoms with Crippen molar-refractivity contribution in [3.63, 3.8) is 0 Å². The SMILES string of the molecule is O=C(N/N=C/c1c2ccccc2cc2ccccc12)C(=O)Nc1ccccc1C(=O)Nc1ccc(Br)cc1. The Morgan fingerprint density at radius 3 is 1.97 bits per heavy atom. The van der Waals surface area contributed by atoms with Crippen molar-refractivity contribution < 1.29 is 14.4 Å². The van der Waals surface area contributed by atoms with Crippen LogP contribution in [0.4, 0.5) is 11.4 Å². The molecule has 0 aliphatic rings. The molecular formula is C30H21BrN4O3. The molecule has 0 aromatic heterocycles. The number of hydrogen-bond acceptors (Lipinski definition) is 4. The topological polar surface area (TPSA) is 99.7 Å². The van der Waals surface area contributed by atoms with Gasteiger partial charge in [-0.15, -0.1) is 0 Å². The summed E-state index contributed by atoms with van der Waals surface area (Å²) >= 11 is 3.35. The van der Waals surface area contributed by atoms with Crippen LogP contribution in [-0.4, -0.2) is 23.9 Å². The molecule has 38 heavy (non-hydrogen) atoms. The van der Waals surface area contributed by atoms with E-state index in [1.807, 2.05) is 48.5 Å². The first kappa shape index (κ1) is 24.9. The Balaban J connectivity index is 1.30. The van der Waals surface area contributed by atoms with Crippen molar-refractivity contribution >= 4 is 72.8 Å². The number of nitrogens with zero attached hydrogens (tertiary/aromatic N) is 1. The lowest BCUT2D eigenvalue weighted by Gasteiger charge is -2.11. The largest absolute Gasteiger partial charge is 0.329 e. The maximum Gasteiger partial charge on any atom is 0.329 e. The minimum Gasteiger partial charge on any atom is -0.322 e. The number of halogens is 1. The maximum absolute atomic E-state index is 12.8. The molecule has 0 aliphatic heterocycles. The van der Waals surface area contributed by atoms with Crippen LogP contribution in [0.1, 0.15) is 15.9 Å². The summed E-state index contributed by atoms with van der Waals surface area (Å²) in [6, 6.07) is 31.4. The van der Waals surface area contributed by atoms with E-state index >= 15 is 0 Å². The predicted octanol–water partition coefficient (Wildman–Crippen LogP) is 6.10. The van der Waals surface area contributed by atoms with Crippen molar-refractivity contribution in [3.8, 4) is 0 Å². The molecule has 7 nitrogen and oxygen atoms in total. The molecule has 5 rings (SSSR count). The van der Waals surface area contributed by atoms with Crippen LogP contribution in [0.25, 0.3) is 21.5 Å². The average molecular weight is 565 g/mol. The molecule has 0 saturated carbocycles. The fraction of sp³-hybridized carbons (Fsp3) is 0. The van der Waals surface area contributed by atoms with Gasteiger partial charge in [0.05, 0.1) is 17.5 Å². The number of hydrazone groups is 1. The van der Waals surface area contributed by atoms with E-state index in [1.54, 1.807) is 48.5 Å². The lowest BCUT2D eigenvalue weighted by molar-refractivity contribution is -0.136. The fourth-order valence-corrected chi connectivity index (χ4v) is 4.36. The first-order valence-corrected chi connectivity index (χ1v) is 12.5. The van der Waals surface area contributed by atoms with E-state index in [9.17, 15) is 14.4 Å². The molecule has 0 atom stereocenters. The molecule has 0 aliphatic carbocycles. The van der Waals surface area contributed by atoms with Gasteiger partial charge in [-0.3, -0.25) is 14.4 Å². The van der Waals surface area contributed by atoms with Crippen molar-refractivity contribution in [3.05, 3.63) is 119 Å². The highest BCUT2D eigenvalue weighted by Crippen LogP contribution is 2.27. The summed E-state index contributed by atoms with van der Waals surface area (Å²) in [5.41, 5.74) is 4.12. The minimum atomic E-state index is -0.964. The summed E-state index contributed by atoms with van der Waals surface area (Å²) in [4.78, 5) is 38.0. The van der Waals surface area contributed by atoms with Gasteiger partial charge in [-0.25, -0.2) is 5.43 Å². The van der Waals surface area contributed by atoms with Crippen LogP contribution >= 0.6 is 15.9 Å². The van der Waals surface area contributed by atoms with Crippen molar-refractivity contribution in [1.82, 2.24) is 5.43 Å². The first-order valence-electron chi connectivity index (χ1n) is 11.7. The van der Waals surface area contributed by atoms with Gasteiger partial charge >= 0.3 is 11.8 Å². The summed E-state index contributed by atoms with van der Waals surface area (Å²) < 4.78 is 0.880. The van der Waals surface area contributed by atoms with Gasteiger partial charge in [0.15, 0.2) is 0 Å². The predicted molar refractivity (Wildman–Crippen MR) is 154 cm³/mol. The van der Waals surface area contributed by atoms with Crippen LogP contribution in [-0.2, 0) is 9.59 Å². The van der Waals surface area contributed by atoms with Gasteiger partial charge < -0.3 is 10.6 Å². The molecule has 8 heteroatoms. The molecule has 0 saturated heterocycles. The highest BCUT2D eigenvalue weighted by atomic mass is 79.9. The Morgan fingerprint density at radius 1 is 0.684 bits per heavy atom. The van der Waals surface area contributed by atoms with Gasteiger partial charge in [-0.2, -0.15) is 5.10 Å². The van der Waals surface area contributed by atoms with E-state index in [2.05, 4.69) is 43.2 Å². The number of para-hydroxylation sites is 1. The average Bonchev–Trinajstić information content (AvgIpc) is 2.94. The smallest absolute Gasteiger partial charge is 0.322 e. The monoisotopic (exact) mass is 564 g/mol. The van der Waals surface area contributed by atoms with Crippen LogP contribution < -0.4 is 16.1 Å². The second-order valence-electron chi connectivity index (χ2n) is 8.39. The molecule has 3 N–H and O–H groups in total. The maximum atomic E-state index is 12.8. The highest BCUT2D eigenvalue weighted by molar-refractivity contribution is 9.10. The van der Waals surface area contributed by atoms with Crippen LogP contribution in [0, 0.1) is 0 Å². The zero-order chi connectivity index (χ0) is 26.5. The van der Waals surface area contributed by atoms with E-state index in [4.69, 9.17) is 0 Å². The Kier molecular flexibility index (Phi) is 7.24. The first-order chi connectivity index (χ1) is 18.5. The van der Waals surface area contributed by atoms with Crippen molar-refractivity contribution in [2.45, 2.75) is 0 Å². The summed E-state index contributed by atoms with van der Waals surface area (Å²) in [6.45, 7) is 0. The van der Waals surface area contributed by atoms with Gasteiger partial charge in [0.25, 0.3) is 5.91 Å². The number of carbonyl (C=O) groups is 3. The van der Waals surface area contributed by atoms with Crippen LogP contribution in [0.15, 0.2) is 113 Å². The van der Waals surface area contributed by atoms with Gasteiger partial charge in [-0.1, -0.05) is 76.6 Å². The normalized spacial score (nSPS) is 11.0. The van der Waals surface area contributed by atoms with Crippen molar-refractivity contribution in [1.29, 1.82) is 0 Å². The molecule has 0 heterocycles. The summed E-state index contributed by atoms with van der Waals surface area (Å²) in [5, 5.41) is 13.3. The number of anilines is 2. The van der Waals surface area contributed by atoms with Crippen LogP contribution in [0.2, 0.25) is 0 Å². The molecule has 3 amide bonds. The van der Waals surface area contributed by atoms with Crippen molar-refractivity contribution in [2.75, 3.05) is 10.6 Å². The zero-order valence-electron chi connectivity index (χ0n) is 19.9. The number of hydrogen-bond donors (Lipinski definition) is 3. The third kappa shape index (κ3) is 5.45. The third-order valence-corrected chi connectivity index (χ3v) is 6.43. The lowest BCUT2D eigenvalue weighted by atomic mass is 9.97. The quantitative estimate of drug-likeness (QED) is 0.104. The molecular weight excluding hydrogens is 544 g/mol. The third-order valence-electron chi connectivity index (χ3n) is 5.90. The molecule has 0 spiro atoms. The Hall–Kier alpha value is -4.82. The Bertz CT molecular complexity index is 1660. The Morgan fingerprint density at radius 2 is 1.29 bits per heavy atom. The molecule has 5 aromatic rings. The Labute approximate surface area is 226 Å². The molecule has 0 bridgehead atoms. The molecule has 0 radical (unpaired) electrons. The van der Waals surface area contributed by atoms with E-state index < -0.39 is 17.7 Å². The summed E-state index contributed by atoms with van der Waals surface area (Å²) in [7, 11) is 0. The number of nitrogens with one attached hydrogen (secondary N) is 3. The summed E-state index contributed by atoms with van der Waals surface area (Å²) in [5.74, 6) is -2.34. The number of rotatable bonds is 5. The molecule has 0 fully saturated rings. The number of amides is 3. The van der Waals surface area contributed by atoms with Crippen molar-refractivity contribution in [2.24, 2.45) is 5.10 Å². The van der Waals surface area contributed by atoms with E-state index in [0.29, 0.717) is 5.69 Å². The number of carbonyl (C=O) groups excluding carboxylic acids is 3. The standard InChI is InChI=1S/C30H21BrN4O3/c31-21-13-15-22(16-14-21)33-28(36)25-11-5-6-12-27(25)34-29(37)30(38)35-32-18-26-23-9-3-1-7-19(23)17-20-8-2-4-10-24(20)26/h1-18H,(H,33,36)(H,34,37)(H,35,38)/b32-18+. The number of benzene rings is 5. The summed E-state index contributed by atoms with van der Waals surface area (Å²) in [6.07, 6.45) is 1.54. The molecule has 0 unspecified atom stereocenters. The minimum absolute atomic E-state index is 0.200. The van der Waals surface area contributed by atoms with E-state index in [1.165, 1.54) is 6.21 Å². The van der Waals surface area contributed by atoms with E-state index in [-0.39, 0.29) is 11.3 Å². The van der Waals surface area contributed by atoms with Gasteiger partial charge in [0.1, 0.15) is 0 Å². The second kappa shape index (κ2) is 11.1. The van der Waals surface area contributed by atoms with Gasteiger partial charge in [0.2, 0.25) is 0 Å². The molecule has 5 aromatic carbocycles. The lowest BCUT2D eigenvalue weighted by Crippen LogP contribution is -2.33. The van der Waals surface area contributed by atoms with Gasteiger partial charge in [0, 0.05) is 15.7 Å². The molecule has 186 valence electrons. The second-order valence-corrected chi connectivity index (χ2v) is 9.31. The van der Waals surface area contributed by atoms with Crippen LogP contribution in [0.5, 0.6) is 0 Å². The van der Waals surface area contributed by atoms with Crippen LogP contribution in [0.3, 0.4) is 0 Å². The van der Waals surface area contributed by atoms with Gasteiger partial charge in [-0.05, 0) is 64.0 Å². The fourth-order valence-electron chi connectivity index (χ4n) is 4.10. The highest BCUT2D eigenvalue weighted by Gasteiger charge is 2.18. The zero-order valence-corrected chi connectivity index (χ0v) is 21.5. The number of fused-ring (bicyclic) bond motifs is 2.